The summed E-state index contributed by atoms with van der Waals surface area (Å²) in [6, 6.07) is -0.191. The zero-order valence-corrected chi connectivity index (χ0v) is 11.2. The van der Waals surface area contributed by atoms with Crippen LogP contribution in [-0.2, 0) is 9.53 Å². The maximum atomic E-state index is 12.0. The van der Waals surface area contributed by atoms with E-state index < -0.39 is 0 Å². The van der Waals surface area contributed by atoms with Crippen LogP contribution in [0.5, 0.6) is 0 Å². The molecular weight excluding hydrogens is 230 g/mol. The van der Waals surface area contributed by atoms with Gasteiger partial charge in [-0.05, 0) is 45.2 Å². The fraction of sp³-hybridized carbons (Fsp3) is 0.923. The number of morpholine rings is 1. The number of nitrogens with one attached hydrogen (secondary N) is 3. The van der Waals surface area contributed by atoms with Crippen molar-refractivity contribution in [1.29, 1.82) is 0 Å². The van der Waals surface area contributed by atoms with Crippen LogP contribution in [0.4, 0.5) is 0 Å². The first kappa shape index (κ1) is 13.8. The van der Waals surface area contributed by atoms with Crippen molar-refractivity contribution in [3.8, 4) is 0 Å². The second-order valence-corrected chi connectivity index (χ2v) is 5.30. The summed E-state index contributed by atoms with van der Waals surface area (Å²) in [5.74, 6) is 0.790. The van der Waals surface area contributed by atoms with E-state index in [-0.39, 0.29) is 18.1 Å². The fourth-order valence-corrected chi connectivity index (χ4v) is 2.71. The first-order valence-corrected chi connectivity index (χ1v) is 7.11. The molecule has 18 heavy (non-hydrogen) atoms. The second kappa shape index (κ2) is 7.07. The predicted molar refractivity (Wildman–Crippen MR) is 70.4 cm³/mol. The lowest BCUT2D eigenvalue weighted by atomic mass is 9.96. The van der Waals surface area contributed by atoms with Gasteiger partial charge in [-0.3, -0.25) is 4.79 Å². The number of hydrogen-bond donors (Lipinski definition) is 3. The molecule has 2 fully saturated rings. The summed E-state index contributed by atoms with van der Waals surface area (Å²) >= 11 is 0. The Labute approximate surface area is 109 Å². The number of carbonyl (C=O) groups excluding carboxylic acids is 1. The van der Waals surface area contributed by atoms with Crippen LogP contribution in [0.15, 0.2) is 0 Å². The highest BCUT2D eigenvalue weighted by Crippen LogP contribution is 2.13. The molecule has 5 heteroatoms. The lowest BCUT2D eigenvalue weighted by Gasteiger charge is -2.29. The smallest absolute Gasteiger partial charge is 0.239 e. The van der Waals surface area contributed by atoms with Crippen molar-refractivity contribution in [2.24, 2.45) is 5.92 Å². The minimum Gasteiger partial charge on any atom is -0.375 e. The molecule has 0 radical (unpaired) electrons. The van der Waals surface area contributed by atoms with E-state index in [0.29, 0.717) is 12.5 Å². The lowest BCUT2D eigenvalue weighted by Crippen LogP contribution is -2.55. The van der Waals surface area contributed by atoms with E-state index in [2.05, 4.69) is 16.0 Å². The molecule has 1 amide bonds. The summed E-state index contributed by atoms with van der Waals surface area (Å²) in [5.41, 5.74) is 0. The van der Waals surface area contributed by atoms with Gasteiger partial charge in [0.05, 0.1) is 12.7 Å². The molecule has 3 atom stereocenters. The van der Waals surface area contributed by atoms with Crippen molar-refractivity contribution < 1.29 is 9.53 Å². The maximum Gasteiger partial charge on any atom is 0.239 e. The minimum absolute atomic E-state index is 0.0323. The van der Waals surface area contributed by atoms with E-state index in [4.69, 9.17) is 4.74 Å². The van der Waals surface area contributed by atoms with E-state index in [1.165, 1.54) is 12.8 Å². The first-order valence-electron chi connectivity index (χ1n) is 7.11. The average molecular weight is 255 g/mol. The molecule has 2 heterocycles. The zero-order valence-electron chi connectivity index (χ0n) is 11.2. The topological polar surface area (TPSA) is 62.4 Å². The molecule has 0 spiro atoms. The Bertz CT molecular complexity index is 267. The molecule has 2 aliphatic rings. The van der Waals surface area contributed by atoms with Crippen LogP contribution in [0.3, 0.4) is 0 Å². The summed E-state index contributed by atoms with van der Waals surface area (Å²) < 4.78 is 5.47. The van der Waals surface area contributed by atoms with Gasteiger partial charge in [0.1, 0.15) is 6.04 Å². The van der Waals surface area contributed by atoms with Gasteiger partial charge in [0.15, 0.2) is 0 Å². The summed E-state index contributed by atoms with van der Waals surface area (Å²) in [6.07, 6.45) is 3.58. The standard InChI is InChI=1S/C13H25N3O2/c1-10-12(15-7-8-18-10)13(17)16-6-4-11-3-2-5-14-9-11/h10-12,14-15H,2-9H2,1H3,(H,16,17)/t10-,11?,12+/m1/s1. The third-order valence-electron chi connectivity index (χ3n) is 3.85. The summed E-state index contributed by atoms with van der Waals surface area (Å²) in [4.78, 5) is 12.0. The molecule has 0 aromatic rings. The highest BCUT2D eigenvalue weighted by Gasteiger charge is 2.27. The molecule has 0 aromatic carbocycles. The largest absolute Gasteiger partial charge is 0.375 e. The van der Waals surface area contributed by atoms with E-state index in [1.807, 2.05) is 6.92 Å². The highest BCUT2D eigenvalue weighted by atomic mass is 16.5. The summed E-state index contributed by atoms with van der Waals surface area (Å²) in [5, 5.41) is 9.63. The maximum absolute atomic E-state index is 12.0. The molecular formula is C13H25N3O2. The third kappa shape index (κ3) is 3.93. The van der Waals surface area contributed by atoms with Gasteiger partial charge in [-0.25, -0.2) is 0 Å². The molecule has 2 saturated heterocycles. The van der Waals surface area contributed by atoms with E-state index in [0.717, 1.165) is 32.6 Å². The van der Waals surface area contributed by atoms with E-state index in [1.54, 1.807) is 0 Å². The molecule has 0 bridgehead atoms. The molecule has 0 aliphatic carbocycles. The number of rotatable bonds is 4. The van der Waals surface area contributed by atoms with Gasteiger partial charge in [0.2, 0.25) is 5.91 Å². The Balaban J connectivity index is 1.64. The van der Waals surface area contributed by atoms with Crippen LogP contribution in [0.1, 0.15) is 26.2 Å². The van der Waals surface area contributed by atoms with Gasteiger partial charge in [0, 0.05) is 13.1 Å². The zero-order chi connectivity index (χ0) is 12.8. The Morgan fingerprint density at radius 2 is 2.33 bits per heavy atom. The van der Waals surface area contributed by atoms with Crippen LogP contribution in [0.2, 0.25) is 0 Å². The normalized spacial score (nSPS) is 33.1. The van der Waals surface area contributed by atoms with Gasteiger partial charge in [-0.2, -0.15) is 0 Å². The van der Waals surface area contributed by atoms with Gasteiger partial charge < -0.3 is 20.7 Å². The molecule has 2 aliphatic heterocycles. The number of ether oxygens (including phenoxy) is 1. The molecule has 0 saturated carbocycles. The van der Waals surface area contributed by atoms with Crippen molar-refractivity contribution in [1.82, 2.24) is 16.0 Å². The molecule has 104 valence electrons. The number of hydrogen-bond acceptors (Lipinski definition) is 4. The van der Waals surface area contributed by atoms with Gasteiger partial charge >= 0.3 is 0 Å². The summed E-state index contributed by atoms with van der Waals surface area (Å²) in [6.45, 7) is 6.41. The van der Waals surface area contributed by atoms with E-state index in [9.17, 15) is 4.79 Å². The molecule has 3 N–H and O–H groups in total. The van der Waals surface area contributed by atoms with Crippen LogP contribution in [0, 0.1) is 5.92 Å². The monoisotopic (exact) mass is 255 g/mol. The van der Waals surface area contributed by atoms with Crippen LogP contribution in [-0.4, -0.2) is 50.8 Å². The molecule has 1 unspecified atom stereocenters. The van der Waals surface area contributed by atoms with Gasteiger partial charge in [-0.15, -0.1) is 0 Å². The Kier molecular flexibility index (Phi) is 5.41. The SMILES string of the molecule is C[C@H]1OCCN[C@@H]1C(=O)NCCC1CCCNC1. The van der Waals surface area contributed by atoms with Gasteiger partial charge in [-0.1, -0.05) is 0 Å². The second-order valence-electron chi connectivity index (χ2n) is 5.30. The van der Waals surface area contributed by atoms with Crippen molar-refractivity contribution in [3.05, 3.63) is 0 Å². The van der Waals surface area contributed by atoms with Crippen LogP contribution in [0.25, 0.3) is 0 Å². The first-order chi connectivity index (χ1) is 8.77. The highest BCUT2D eigenvalue weighted by molar-refractivity contribution is 5.82. The molecule has 0 aromatic heterocycles. The van der Waals surface area contributed by atoms with Crippen molar-refractivity contribution in [2.75, 3.05) is 32.8 Å². The lowest BCUT2D eigenvalue weighted by molar-refractivity contribution is -0.128. The van der Waals surface area contributed by atoms with E-state index >= 15 is 0 Å². The van der Waals surface area contributed by atoms with Crippen molar-refractivity contribution >= 4 is 5.91 Å². The quantitative estimate of drug-likeness (QED) is 0.655. The van der Waals surface area contributed by atoms with Crippen molar-refractivity contribution in [2.45, 2.75) is 38.3 Å². The summed E-state index contributed by atoms with van der Waals surface area (Å²) in [7, 11) is 0. The number of piperidine rings is 1. The molecule has 2 rings (SSSR count). The average Bonchev–Trinajstić information content (AvgIpc) is 2.40. The number of amides is 1. The third-order valence-corrected chi connectivity index (χ3v) is 3.85. The molecule has 5 nitrogen and oxygen atoms in total. The Morgan fingerprint density at radius 3 is 3.06 bits per heavy atom. The number of carbonyl (C=O) groups is 1. The Morgan fingerprint density at radius 1 is 1.44 bits per heavy atom. The minimum atomic E-state index is -0.191. The van der Waals surface area contributed by atoms with Gasteiger partial charge in [0.25, 0.3) is 0 Å². The van der Waals surface area contributed by atoms with Crippen LogP contribution >= 0.6 is 0 Å². The van der Waals surface area contributed by atoms with Crippen molar-refractivity contribution in [3.63, 3.8) is 0 Å². The Hall–Kier alpha value is -0.650. The fourth-order valence-electron chi connectivity index (χ4n) is 2.71. The predicted octanol–water partition coefficient (Wildman–Crippen LogP) is -0.131. The van der Waals surface area contributed by atoms with Crippen LogP contribution < -0.4 is 16.0 Å².